The summed E-state index contributed by atoms with van der Waals surface area (Å²) in [7, 11) is 0. The molecule has 0 bridgehead atoms. The molecule has 196 valence electrons. The van der Waals surface area contributed by atoms with Gasteiger partial charge in [0.25, 0.3) is 5.69 Å². The summed E-state index contributed by atoms with van der Waals surface area (Å²) >= 11 is 5.07. The molecule has 1 fully saturated rings. The molecular weight excluding hydrogens is 522 g/mol. The van der Waals surface area contributed by atoms with Crippen LogP contribution in [0.2, 0.25) is 0 Å². The minimum absolute atomic E-state index is 0.0622. The van der Waals surface area contributed by atoms with Gasteiger partial charge in [-0.1, -0.05) is 0 Å². The first-order valence-electron chi connectivity index (χ1n) is 11.7. The van der Waals surface area contributed by atoms with Gasteiger partial charge >= 0.3 is 12.1 Å². The Labute approximate surface area is 221 Å². The second-order valence-corrected chi connectivity index (χ2v) is 10.7. The number of amides is 2. The van der Waals surface area contributed by atoms with Gasteiger partial charge in [0.15, 0.2) is 5.12 Å². The molecule has 11 nitrogen and oxygen atoms in total. The van der Waals surface area contributed by atoms with Crippen LogP contribution in [0.25, 0.3) is 0 Å². The predicted octanol–water partition coefficient (Wildman–Crippen LogP) is 4.05. The van der Waals surface area contributed by atoms with Crippen molar-refractivity contribution in [3.8, 4) is 0 Å². The number of carbonyl (C=O) groups excluding carboxylic acids is 3. The lowest BCUT2D eigenvalue weighted by Crippen LogP contribution is -2.43. The number of anilines is 1. The normalized spacial score (nSPS) is 18.7. The number of aryl methyl sites for hydroxylation is 1. The molecule has 13 heteroatoms. The van der Waals surface area contributed by atoms with Crippen molar-refractivity contribution >= 4 is 57.7 Å². The SMILES string of the molecule is O=C(S)C[C@@H]1C[C@@H](C(=O)Nc2sc3c(c2C(=O)O)CCCC3)N(C(=O)OCc2ccc([N+](=O)[O-])cc2)C1. The number of nitrogens with one attached hydrogen (secondary N) is 1. The van der Waals surface area contributed by atoms with Crippen molar-refractivity contribution in [3.63, 3.8) is 0 Å². The van der Waals surface area contributed by atoms with E-state index in [2.05, 4.69) is 17.9 Å². The van der Waals surface area contributed by atoms with Crippen LogP contribution in [0.5, 0.6) is 0 Å². The van der Waals surface area contributed by atoms with Crippen LogP contribution in [-0.2, 0) is 33.8 Å². The molecular formula is C24H25N3O8S2. The molecule has 1 aromatic heterocycles. The van der Waals surface area contributed by atoms with E-state index in [0.29, 0.717) is 12.0 Å². The van der Waals surface area contributed by atoms with E-state index in [-0.39, 0.29) is 53.3 Å². The molecule has 1 aromatic carbocycles. The number of nitrogens with zero attached hydrogens (tertiary/aromatic N) is 2. The zero-order chi connectivity index (χ0) is 26.7. The second kappa shape index (κ2) is 11.3. The first-order valence-corrected chi connectivity index (χ1v) is 13.0. The van der Waals surface area contributed by atoms with Crippen LogP contribution in [-0.4, -0.2) is 50.6 Å². The fourth-order valence-corrected chi connectivity index (χ4v) is 6.33. The average Bonchev–Trinajstić information content (AvgIpc) is 3.43. The number of thiol groups is 1. The van der Waals surface area contributed by atoms with Crippen molar-refractivity contribution in [1.82, 2.24) is 4.90 Å². The first-order chi connectivity index (χ1) is 17.6. The largest absolute Gasteiger partial charge is 0.478 e. The van der Waals surface area contributed by atoms with Gasteiger partial charge in [-0.05, 0) is 61.3 Å². The van der Waals surface area contributed by atoms with Crippen molar-refractivity contribution in [2.24, 2.45) is 5.92 Å². The predicted molar refractivity (Wildman–Crippen MR) is 137 cm³/mol. The third-order valence-electron chi connectivity index (χ3n) is 6.52. The summed E-state index contributed by atoms with van der Waals surface area (Å²) in [6.07, 6.45) is 2.71. The minimum Gasteiger partial charge on any atom is -0.478 e. The van der Waals surface area contributed by atoms with Gasteiger partial charge in [-0.3, -0.25) is 24.6 Å². The third-order valence-corrected chi connectivity index (χ3v) is 7.91. The number of aromatic carboxylic acids is 1. The van der Waals surface area contributed by atoms with Crippen LogP contribution in [0.15, 0.2) is 24.3 Å². The van der Waals surface area contributed by atoms with E-state index < -0.39 is 28.9 Å². The van der Waals surface area contributed by atoms with Crippen molar-refractivity contribution < 1.29 is 33.9 Å². The Bertz CT molecular complexity index is 1240. The molecule has 1 aliphatic carbocycles. The summed E-state index contributed by atoms with van der Waals surface area (Å²) in [5.41, 5.74) is 1.28. The topological polar surface area (TPSA) is 156 Å². The lowest BCUT2D eigenvalue weighted by molar-refractivity contribution is -0.384. The second-order valence-electron chi connectivity index (χ2n) is 9.06. The highest BCUT2D eigenvalue weighted by Gasteiger charge is 2.41. The lowest BCUT2D eigenvalue weighted by Gasteiger charge is -2.23. The van der Waals surface area contributed by atoms with Crippen LogP contribution >= 0.6 is 24.0 Å². The molecule has 2 aliphatic rings. The number of nitro benzene ring substituents is 1. The molecule has 1 saturated heterocycles. The molecule has 0 saturated carbocycles. The molecule has 4 rings (SSSR count). The highest BCUT2D eigenvalue weighted by Crippen LogP contribution is 2.39. The molecule has 2 amide bonds. The summed E-state index contributed by atoms with van der Waals surface area (Å²) in [5.74, 6) is -1.98. The number of carbonyl (C=O) groups is 4. The van der Waals surface area contributed by atoms with E-state index >= 15 is 0 Å². The molecule has 2 atom stereocenters. The standard InChI is InChI=1S/C24H25N3O8S2/c28-19(36)10-14-9-17(21(29)25-22-20(23(30)31)16-3-1-2-4-18(16)37-22)26(11-14)24(32)35-12-13-5-7-15(8-6-13)27(33)34/h5-8,14,17H,1-4,9-12H2,(H,25,29)(H,28,36)(H,30,31)/t14-,17-/m0/s1. The quantitative estimate of drug-likeness (QED) is 0.254. The zero-order valence-electron chi connectivity index (χ0n) is 19.7. The zero-order valence-corrected chi connectivity index (χ0v) is 21.4. The number of thiophene rings is 1. The van der Waals surface area contributed by atoms with Crippen molar-refractivity contribution in [2.75, 3.05) is 11.9 Å². The Morgan fingerprint density at radius 2 is 1.89 bits per heavy atom. The Balaban J connectivity index is 1.49. The van der Waals surface area contributed by atoms with Crippen molar-refractivity contribution in [1.29, 1.82) is 0 Å². The first kappa shape index (κ1) is 26.6. The molecule has 0 unspecified atom stereocenters. The van der Waals surface area contributed by atoms with E-state index in [1.54, 1.807) is 0 Å². The Morgan fingerprint density at radius 1 is 1.19 bits per heavy atom. The van der Waals surface area contributed by atoms with Gasteiger partial charge in [0.1, 0.15) is 17.6 Å². The third kappa shape index (κ3) is 6.10. The molecule has 2 N–H and O–H groups in total. The van der Waals surface area contributed by atoms with E-state index in [1.165, 1.54) is 40.5 Å². The highest BCUT2D eigenvalue weighted by atomic mass is 32.1. The fourth-order valence-electron chi connectivity index (χ4n) is 4.79. The maximum Gasteiger partial charge on any atom is 0.410 e. The van der Waals surface area contributed by atoms with Crippen molar-refractivity contribution in [2.45, 2.75) is 51.2 Å². The summed E-state index contributed by atoms with van der Waals surface area (Å²) in [4.78, 5) is 62.3. The Kier molecular flexibility index (Phi) is 8.13. The van der Waals surface area contributed by atoms with Gasteiger partial charge in [0, 0.05) is 30.0 Å². The molecule has 1 aliphatic heterocycles. The Morgan fingerprint density at radius 3 is 2.54 bits per heavy atom. The van der Waals surface area contributed by atoms with Gasteiger partial charge in [-0.25, -0.2) is 9.59 Å². The van der Waals surface area contributed by atoms with Gasteiger partial charge in [0.05, 0.1) is 10.5 Å². The van der Waals surface area contributed by atoms with Crippen LogP contribution in [0.3, 0.4) is 0 Å². The van der Waals surface area contributed by atoms with Gasteiger partial charge in [0.2, 0.25) is 5.91 Å². The van der Waals surface area contributed by atoms with E-state index in [4.69, 9.17) is 4.74 Å². The summed E-state index contributed by atoms with van der Waals surface area (Å²) in [6.45, 7) is -0.0746. The number of hydrogen-bond acceptors (Lipinski definition) is 8. The molecule has 2 heterocycles. The number of non-ortho nitro benzene ring substituents is 1. The number of hydrogen-bond donors (Lipinski definition) is 3. The van der Waals surface area contributed by atoms with Gasteiger partial charge in [-0.2, -0.15) is 0 Å². The number of likely N-dealkylation sites (tertiary alicyclic amines) is 1. The van der Waals surface area contributed by atoms with Crippen LogP contribution in [0.4, 0.5) is 15.5 Å². The number of carboxylic acids is 1. The smallest absolute Gasteiger partial charge is 0.410 e. The number of rotatable bonds is 8. The number of fused-ring (bicyclic) bond motifs is 1. The average molecular weight is 548 g/mol. The van der Waals surface area contributed by atoms with Gasteiger partial charge < -0.3 is 15.2 Å². The maximum atomic E-state index is 13.3. The molecule has 37 heavy (non-hydrogen) atoms. The molecule has 2 aromatic rings. The maximum absolute atomic E-state index is 13.3. The monoisotopic (exact) mass is 547 g/mol. The van der Waals surface area contributed by atoms with Crippen LogP contribution in [0.1, 0.15) is 52.0 Å². The number of ether oxygens (including phenoxy) is 1. The van der Waals surface area contributed by atoms with Gasteiger partial charge in [-0.15, -0.1) is 24.0 Å². The number of benzene rings is 1. The number of carboxylic acid groups (broad SMARTS) is 1. The Hall–Kier alpha value is -3.45. The molecule has 0 spiro atoms. The fraction of sp³-hybridized carbons (Fsp3) is 0.417. The lowest BCUT2D eigenvalue weighted by atomic mass is 9.95. The minimum atomic E-state index is -1.11. The van der Waals surface area contributed by atoms with Crippen LogP contribution < -0.4 is 5.32 Å². The van der Waals surface area contributed by atoms with Crippen LogP contribution in [0, 0.1) is 16.0 Å². The molecule has 0 radical (unpaired) electrons. The van der Waals surface area contributed by atoms with E-state index in [9.17, 15) is 34.4 Å². The summed E-state index contributed by atoms with van der Waals surface area (Å²) in [5, 5.41) is 23.2. The van der Waals surface area contributed by atoms with E-state index in [0.717, 1.165) is 29.7 Å². The highest BCUT2D eigenvalue weighted by molar-refractivity contribution is 7.96. The van der Waals surface area contributed by atoms with E-state index in [1.807, 2.05) is 0 Å². The summed E-state index contributed by atoms with van der Waals surface area (Å²) < 4.78 is 5.37. The summed E-state index contributed by atoms with van der Waals surface area (Å²) in [6, 6.07) is 4.55. The van der Waals surface area contributed by atoms with Crippen molar-refractivity contribution in [3.05, 3.63) is 55.9 Å². The number of nitro groups is 1.